The van der Waals surface area contributed by atoms with E-state index in [0.29, 0.717) is 5.11 Å². The molecule has 2 heterocycles. The van der Waals surface area contributed by atoms with E-state index >= 15 is 0 Å². The SMILES string of the molecule is Cc1ccc(NC(=S)NC[C@@H](c2ccco2)N2CCCCC2)cc1. The van der Waals surface area contributed by atoms with Crippen LogP contribution in [-0.2, 0) is 0 Å². The fraction of sp³-hybridized carbons (Fsp3) is 0.421. The fourth-order valence-electron chi connectivity index (χ4n) is 3.12. The minimum Gasteiger partial charge on any atom is -0.468 e. The summed E-state index contributed by atoms with van der Waals surface area (Å²) in [5.41, 5.74) is 2.24. The van der Waals surface area contributed by atoms with Crippen molar-refractivity contribution in [3.63, 3.8) is 0 Å². The van der Waals surface area contributed by atoms with E-state index in [1.165, 1.54) is 24.8 Å². The molecule has 1 aromatic heterocycles. The first-order chi connectivity index (χ1) is 11.7. The molecule has 2 N–H and O–H groups in total. The number of anilines is 1. The number of piperidine rings is 1. The highest BCUT2D eigenvalue weighted by Gasteiger charge is 2.24. The monoisotopic (exact) mass is 343 g/mol. The molecule has 24 heavy (non-hydrogen) atoms. The first kappa shape index (κ1) is 17.0. The highest BCUT2D eigenvalue weighted by Crippen LogP contribution is 2.24. The Labute approximate surface area is 149 Å². The predicted molar refractivity (Wildman–Crippen MR) is 102 cm³/mol. The summed E-state index contributed by atoms with van der Waals surface area (Å²) in [7, 11) is 0. The molecule has 0 amide bonds. The predicted octanol–water partition coefficient (Wildman–Crippen LogP) is 4.10. The van der Waals surface area contributed by atoms with Gasteiger partial charge >= 0.3 is 0 Å². The Morgan fingerprint density at radius 1 is 1.17 bits per heavy atom. The second kappa shape index (κ2) is 8.31. The summed E-state index contributed by atoms with van der Waals surface area (Å²) in [6, 6.07) is 12.5. The maximum Gasteiger partial charge on any atom is 0.170 e. The molecule has 1 fully saturated rings. The number of hydrogen-bond donors (Lipinski definition) is 2. The molecule has 4 nitrogen and oxygen atoms in total. The van der Waals surface area contributed by atoms with Gasteiger partial charge < -0.3 is 15.1 Å². The van der Waals surface area contributed by atoms with Gasteiger partial charge in [0, 0.05) is 12.2 Å². The highest BCUT2D eigenvalue weighted by molar-refractivity contribution is 7.80. The fourth-order valence-corrected chi connectivity index (χ4v) is 3.32. The molecular weight excluding hydrogens is 318 g/mol. The minimum absolute atomic E-state index is 0.220. The van der Waals surface area contributed by atoms with E-state index in [-0.39, 0.29) is 6.04 Å². The second-order valence-corrected chi connectivity index (χ2v) is 6.74. The number of rotatable bonds is 5. The first-order valence-corrected chi connectivity index (χ1v) is 9.02. The van der Waals surface area contributed by atoms with Crippen molar-refractivity contribution in [1.29, 1.82) is 0 Å². The summed E-state index contributed by atoms with van der Waals surface area (Å²) in [5, 5.41) is 7.24. The van der Waals surface area contributed by atoms with Crippen molar-refractivity contribution < 1.29 is 4.42 Å². The van der Waals surface area contributed by atoms with Crippen molar-refractivity contribution in [2.45, 2.75) is 32.2 Å². The number of hydrogen-bond acceptors (Lipinski definition) is 3. The van der Waals surface area contributed by atoms with Crippen LogP contribution in [0.2, 0.25) is 0 Å². The maximum atomic E-state index is 5.67. The Bertz CT molecular complexity index is 633. The number of thiocarbonyl (C=S) groups is 1. The van der Waals surface area contributed by atoms with Crippen LogP contribution in [0, 0.1) is 6.92 Å². The van der Waals surface area contributed by atoms with E-state index < -0.39 is 0 Å². The van der Waals surface area contributed by atoms with E-state index in [1.807, 2.05) is 18.2 Å². The quantitative estimate of drug-likeness (QED) is 0.800. The lowest BCUT2D eigenvalue weighted by atomic mass is 10.1. The number of nitrogens with zero attached hydrogens (tertiary/aromatic N) is 1. The largest absolute Gasteiger partial charge is 0.468 e. The van der Waals surface area contributed by atoms with Gasteiger partial charge in [-0.2, -0.15) is 0 Å². The van der Waals surface area contributed by atoms with Gasteiger partial charge in [-0.15, -0.1) is 0 Å². The average Bonchev–Trinajstić information content (AvgIpc) is 3.12. The van der Waals surface area contributed by atoms with Gasteiger partial charge in [0.15, 0.2) is 5.11 Å². The van der Waals surface area contributed by atoms with Gasteiger partial charge in [-0.3, -0.25) is 4.90 Å². The van der Waals surface area contributed by atoms with E-state index in [0.717, 1.165) is 31.1 Å². The number of furan rings is 1. The number of likely N-dealkylation sites (tertiary alicyclic amines) is 1. The Hall–Kier alpha value is -1.85. The maximum absolute atomic E-state index is 5.67. The first-order valence-electron chi connectivity index (χ1n) is 8.61. The third-order valence-electron chi connectivity index (χ3n) is 4.47. The summed E-state index contributed by atoms with van der Waals surface area (Å²) in [4.78, 5) is 2.49. The molecule has 0 saturated carbocycles. The molecule has 0 radical (unpaired) electrons. The lowest BCUT2D eigenvalue weighted by Gasteiger charge is -2.33. The van der Waals surface area contributed by atoms with Gasteiger partial charge in [0.2, 0.25) is 0 Å². The Kier molecular flexibility index (Phi) is 5.88. The third kappa shape index (κ3) is 4.58. The van der Waals surface area contributed by atoms with E-state index in [2.05, 4.69) is 40.7 Å². The van der Waals surface area contributed by atoms with Crippen LogP contribution in [0.5, 0.6) is 0 Å². The molecule has 1 saturated heterocycles. The summed E-state index contributed by atoms with van der Waals surface area (Å²) in [5.74, 6) is 1.00. The molecular formula is C19H25N3OS. The second-order valence-electron chi connectivity index (χ2n) is 6.33. The number of benzene rings is 1. The van der Waals surface area contributed by atoms with Gasteiger partial charge in [0.25, 0.3) is 0 Å². The van der Waals surface area contributed by atoms with Crippen LogP contribution >= 0.6 is 12.2 Å². The lowest BCUT2D eigenvalue weighted by Crippen LogP contribution is -2.41. The summed E-state index contributed by atoms with van der Waals surface area (Å²) < 4.78 is 5.67. The van der Waals surface area contributed by atoms with E-state index in [4.69, 9.17) is 16.6 Å². The zero-order chi connectivity index (χ0) is 16.8. The van der Waals surface area contributed by atoms with Crippen molar-refractivity contribution in [1.82, 2.24) is 10.2 Å². The Morgan fingerprint density at radius 2 is 1.92 bits per heavy atom. The number of aryl methyl sites for hydroxylation is 1. The zero-order valence-electron chi connectivity index (χ0n) is 14.1. The van der Waals surface area contributed by atoms with Crippen LogP contribution in [0.15, 0.2) is 47.1 Å². The summed E-state index contributed by atoms with van der Waals surface area (Å²) in [6.07, 6.45) is 5.57. The molecule has 2 aromatic rings. The molecule has 0 bridgehead atoms. The van der Waals surface area contributed by atoms with Crippen molar-refractivity contribution in [3.05, 3.63) is 54.0 Å². The Morgan fingerprint density at radius 3 is 2.58 bits per heavy atom. The summed E-state index contributed by atoms with van der Waals surface area (Å²) in [6.45, 7) is 5.05. The van der Waals surface area contributed by atoms with Gasteiger partial charge in [-0.05, 0) is 69.3 Å². The van der Waals surface area contributed by atoms with Gasteiger partial charge in [0.05, 0.1) is 12.3 Å². The standard InChI is InChI=1S/C19H25N3OS/c1-15-7-9-16(10-8-15)21-19(24)20-14-17(18-6-5-13-23-18)22-11-3-2-4-12-22/h5-10,13,17H,2-4,11-12,14H2,1H3,(H2,20,21,24)/t17-/m0/s1. The molecule has 0 spiro atoms. The van der Waals surface area contributed by atoms with Crippen molar-refractivity contribution in [3.8, 4) is 0 Å². The van der Waals surface area contributed by atoms with Crippen LogP contribution < -0.4 is 10.6 Å². The van der Waals surface area contributed by atoms with Crippen molar-refractivity contribution in [2.24, 2.45) is 0 Å². The third-order valence-corrected chi connectivity index (χ3v) is 4.71. The minimum atomic E-state index is 0.220. The molecule has 128 valence electrons. The number of nitrogens with one attached hydrogen (secondary N) is 2. The Balaban J connectivity index is 1.58. The smallest absolute Gasteiger partial charge is 0.170 e. The molecule has 0 unspecified atom stereocenters. The van der Waals surface area contributed by atoms with Gasteiger partial charge in [-0.1, -0.05) is 24.1 Å². The van der Waals surface area contributed by atoms with Crippen LogP contribution in [0.1, 0.15) is 36.6 Å². The zero-order valence-corrected chi connectivity index (χ0v) is 14.9. The molecule has 1 atom stereocenters. The van der Waals surface area contributed by atoms with Crippen LogP contribution in [0.4, 0.5) is 5.69 Å². The van der Waals surface area contributed by atoms with Gasteiger partial charge in [0.1, 0.15) is 5.76 Å². The molecule has 3 rings (SSSR count). The normalized spacial score (nSPS) is 16.5. The molecule has 0 aliphatic carbocycles. The van der Waals surface area contributed by atoms with Crippen molar-refractivity contribution >= 4 is 23.0 Å². The lowest BCUT2D eigenvalue weighted by molar-refractivity contribution is 0.146. The molecule has 1 aliphatic heterocycles. The molecule has 1 aliphatic rings. The van der Waals surface area contributed by atoms with Crippen molar-refractivity contribution in [2.75, 3.05) is 25.0 Å². The van der Waals surface area contributed by atoms with Crippen LogP contribution in [-0.4, -0.2) is 29.6 Å². The topological polar surface area (TPSA) is 40.4 Å². The van der Waals surface area contributed by atoms with E-state index in [9.17, 15) is 0 Å². The molecule has 5 heteroatoms. The average molecular weight is 343 g/mol. The van der Waals surface area contributed by atoms with Crippen LogP contribution in [0.3, 0.4) is 0 Å². The van der Waals surface area contributed by atoms with Gasteiger partial charge in [-0.25, -0.2) is 0 Å². The van der Waals surface area contributed by atoms with E-state index in [1.54, 1.807) is 6.26 Å². The summed E-state index contributed by atoms with van der Waals surface area (Å²) >= 11 is 5.45. The highest BCUT2D eigenvalue weighted by atomic mass is 32.1. The molecule has 1 aromatic carbocycles. The van der Waals surface area contributed by atoms with Crippen LogP contribution in [0.25, 0.3) is 0 Å².